The Hall–Kier alpha value is -1.83. The molecule has 110 valence electrons. The molecule has 0 spiro atoms. The Morgan fingerprint density at radius 1 is 1.32 bits per heavy atom. The molecule has 0 unspecified atom stereocenters. The Morgan fingerprint density at radius 2 is 2.00 bits per heavy atom. The lowest BCUT2D eigenvalue weighted by Crippen LogP contribution is -2.47. The molecule has 0 rings (SSSR count). The van der Waals surface area contributed by atoms with Gasteiger partial charge in [-0.25, -0.2) is 9.59 Å². The van der Waals surface area contributed by atoms with Crippen LogP contribution in [0.4, 0.5) is 4.79 Å². The summed E-state index contributed by atoms with van der Waals surface area (Å²) in [6.45, 7) is 3.55. The second-order valence-electron chi connectivity index (χ2n) is 3.93. The number of urea groups is 1. The molecule has 8 heteroatoms. The average molecular weight is 275 g/mol. The van der Waals surface area contributed by atoms with E-state index in [0.717, 1.165) is 6.42 Å². The van der Waals surface area contributed by atoms with Gasteiger partial charge in [0.2, 0.25) is 5.91 Å². The van der Waals surface area contributed by atoms with Crippen LogP contribution in [0.15, 0.2) is 0 Å². The number of ether oxygens (including phenoxy) is 1. The molecule has 0 saturated carbocycles. The van der Waals surface area contributed by atoms with E-state index in [9.17, 15) is 14.4 Å². The van der Waals surface area contributed by atoms with Crippen molar-refractivity contribution in [3.8, 4) is 0 Å². The summed E-state index contributed by atoms with van der Waals surface area (Å²) in [6, 6.07) is -1.96. The molecule has 0 saturated heterocycles. The second-order valence-corrected chi connectivity index (χ2v) is 3.93. The van der Waals surface area contributed by atoms with Crippen LogP contribution in [0, 0.1) is 0 Å². The molecular weight excluding hydrogens is 254 g/mol. The highest BCUT2D eigenvalue weighted by Crippen LogP contribution is 1.91. The van der Waals surface area contributed by atoms with Crippen molar-refractivity contribution in [1.82, 2.24) is 10.6 Å². The molecule has 0 aromatic heterocycles. The van der Waals surface area contributed by atoms with Gasteiger partial charge in [-0.15, -0.1) is 0 Å². The van der Waals surface area contributed by atoms with Crippen molar-refractivity contribution in [2.75, 3.05) is 19.8 Å². The van der Waals surface area contributed by atoms with Gasteiger partial charge in [-0.3, -0.25) is 4.79 Å². The molecule has 0 aromatic rings. The summed E-state index contributed by atoms with van der Waals surface area (Å²) in [5, 5.41) is 13.4. The van der Waals surface area contributed by atoms with Gasteiger partial charge in [0.1, 0.15) is 6.04 Å². The minimum absolute atomic E-state index is 0.360. The maximum atomic E-state index is 11.3. The summed E-state index contributed by atoms with van der Waals surface area (Å²) in [4.78, 5) is 32.7. The Morgan fingerprint density at radius 3 is 2.53 bits per heavy atom. The number of nitrogens with two attached hydrogens (primary N) is 1. The fraction of sp³-hybridized carbons (Fsp3) is 0.727. The topological polar surface area (TPSA) is 131 Å². The minimum atomic E-state index is -1.31. The quantitative estimate of drug-likeness (QED) is 0.397. The normalized spacial score (nSPS) is 11.6. The molecule has 5 N–H and O–H groups in total. The van der Waals surface area contributed by atoms with Gasteiger partial charge in [-0.1, -0.05) is 6.92 Å². The molecule has 0 bridgehead atoms. The molecule has 0 heterocycles. The molecule has 0 aliphatic rings. The van der Waals surface area contributed by atoms with E-state index in [4.69, 9.17) is 15.6 Å². The number of amides is 3. The van der Waals surface area contributed by atoms with E-state index in [-0.39, 0.29) is 0 Å². The van der Waals surface area contributed by atoms with E-state index >= 15 is 0 Å². The van der Waals surface area contributed by atoms with Crippen LogP contribution in [0.5, 0.6) is 0 Å². The maximum absolute atomic E-state index is 11.3. The van der Waals surface area contributed by atoms with Crippen LogP contribution in [0.2, 0.25) is 0 Å². The van der Waals surface area contributed by atoms with E-state index in [1.165, 1.54) is 0 Å². The second kappa shape index (κ2) is 10.1. The van der Waals surface area contributed by atoms with Crippen molar-refractivity contribution in [3.63, 3.8) is 0 Å². The molecule has 19 heavy (non-hydrogen) atoms. The van der Waals surface area contributed by atoms with E-state index in [0.29, 0.717) is 26.2 Å². The fourth-order valence-corrected chi connectivity index (χ4v) is 1.23. The molecular formula is C11H21N3O5. The zero-order valence-electron chi connectivity index (χ0n) is 11.0. The van der Waals surface area contributed by atoms with Crippen molar-refractivity contribution >= 4 is 17.9 Å². The van der Waals surface area contributed by atoms with Crippen molar-refractivity contribution in [2.24, 2.45) is 5.73 Å². The van der Waals surface area contributed by atoms with Crippen LogP contribution < -0.4 is 16.4 Å². The number of carboxylic acid groups (broad SMARTS) is 1. The van der Waals surface area contributed by atoms with E-state index < -0.39 is 30.4 Å². The highest BCUT2D eigenvalue weighted by Gasteiger charge is 2.21. The lowest BCUT2D eigenvalue weighted by Gasteiger charge is -2.13. The molecule has 0 aromatic carbocycles. The first-order chi connectivity index (χ1) is 8.97. The van der Waals surface area contributed by atoms with Gasteiger partial charge in [-0.05, 0) is 12.8 Å². The number of carbonyl (C=O) groups is 3. The Kier molecular flexibility index (Phi) is 9.15. The number of primary amides is 1. The first kappa shape index (κ1) is 17.2. The number of carbonyl (C=O) groups excluding carboxylic acids is 2. The summed E-state index contributed by atoms with van der Waals surface area (Å²) in [5.74, 6) is -2.10. The van der Waals surface area contributed by atoms with Crippen LogP contribution in [0.3, 0.4) is 0 Å². The number of aliphatic carboxylic acids is 1. The molecule has 8 nitrogen and oxygen atoms in total. The highest BCUT2D eigenvalue weighted by atomic mass is 16.5. The largest absolute Gasteiger partial charge is 0.480 e. The number of nitrogens with one attached hydrogen (secondary N) is 2. The third kappa shape index (κ3) is 9.83. The molecule has 0 radical (unpaired) electrons. The van der Waals surface area contributed by atoms with Gasteiger partial charge in [0.25, 0.3) is 0 Å². The summed E-state index contributed by atoms with van der Waals surface area (Å²) in [7, 11) is 0. The van der Waals surface area contributed by atoms with Gasteiger partial charge >= 0.3 is 12.0 Å². The zero-order chi connectivity index (χ0) is 14.7. The fourth-order valence-electron chi connectivity index (χ4n) is 1.23. The van der Waals surface area contributed by atoms with Crippen LogP contribution in [0.1, 0.15) is 26.2 Å². The zero-order valence-corrected chi connectivity index (χ0v) is 11.0. The lowest BCUT2D eigenvalue weighted by molar-refractivity contribution is -0.140. The van der Waals surface area contributed by atoms with Gasteiger partial charge in [0.15, 0.2) is 0 Å². The van der Waals surface area contributed by atoms with Crippen LogP contribution >= 0.6 is 0 Å². The third-order valence-electron chi connectivity index (χ3n) is 2.11. The summed E-state index contributed by atoms with van der Waals surface area (Å²) < 4.78 is 5.21. The van der Waals surface area contributed by atoms with Gasteiger partial charge in [0.05, 0.1) is 6.42 Å². The van der Waals surface area contributed by atoms with Crippen molar-refractivity contribution in [3.05, 3.63) is 0 Å². The van der Waals surface area contributed by atoms with Gasteiger partial charge in [-0.2, -0.15) is 0 Å². The van der Waals surface area contributed by atoms with E-state index in [1.807, 2.05) is 6.92 Å². The average Bonchev–Trinajstić information content (AvgIpc) is 2.32. The predicted molar refractivity (Wildman–Crippen MR) is 67.5 cm³/mol. The summed E-state index contributed by atoms with van der Waals surface area (Å²) in [5.41, 5.74) is 4.88. The number of hydrogen-bond acceptors (Lipinski definition) is 4. The number of rotatable bonds is 10. The number of hydrogen-bond donors (Lipinski definition) is 4. The lowest BCUT2D eigenvalue weighted by atomic mass is 10.2. The van der Waals surface area contributed by atoms with E-state index in [2.05, 4.69) is 10.6 Å². The minimum Gasteiger partial charge on any atom is -0.480 e. The van der Waals surface area contributed by atoms with E-state index in [1.54, 1.807) is 0 Å². The van der Waals surface area contributed by atoms with Crippen LogP contribution in [-0.2, 0) is 14.3 Å². The SMILES string of the molecule is CCCOCCCNC(=O)N[C@H](CC(N)=O)C(=O)O. The molecule has 1 atom stereocenters. The molecule has 0 aliphatic carbocycles. The molecule has 0 aliphatic heterocycles. The van der Waals surface area contributed by atoms with Crippen molar-refractivity contribution in [2.45, 2.75) is 32.2 Å². The first-order valence-corrected chi connectivity index (χ1v) is 6.10. The highest BCUT2D eigenvalue weighted by molar-refractivity contribution is 5.87. The summed E-state index contributed by atoms with van der Waals surface area (Å²) >= 11 is 0. The van der Waals surface area contributed by atoms with Crippen LogP contribution in [-0.4, -0.2) is 48.8 Å². The van der Waals surface area contributed by atoms with Crippen molar-refractivity contribution in [1.29, 1.82) is 0 Å². The number of carboxylic acids is 1. The summed E-state index contributed by atoms with van der Waals surface area (Å²) in [6.07, 6.45) is 1.12. The third-order valence-corrected chi connectivity index (χ3v) is 2.11. The van der Waals surface area contributed by atoms with Crippen molar-refractivity contribution < 1.29 is 24.2 Å². The Balaban J connectivity index is 3.81. The predicted octanol–water partition coefficient (Wildman–Crippen LogP) is -0.569. The molecule has 3 amide bonds. The monoisotopic (exact) mass is 275 g/mol. The Labute approximate surface area is 111 Å². The van der Waals surface area contributed by atoms with Gasteiger partial charge in [0, 0.05) is 19.8 Å². The van der Waals surface area contributed by atoms with Crippen LogP contribution in [0.25, 0.3) is 0 Å². The maximum Gasteiger partial charge on any atom is 0.326 e. The first-order valence-electron chi connectivity index (χ1n) is 6.10. The smallest absolute Gasteiger partial charge is 0.326 e. The Bertz CT molecular complexity index is 309. The molecule has 0 fully saturated rings. The standard InChI is InChI=1S/C11H21N3O5/c1-2-5-19-6-3-4-13-11(18)14-8(10(16)17)7-9(12)15/h8H,2-7H2,1H3,(H2,12,15)(H,16,17)(H2,13,14,18)/t8-/m1/s1. The van der Waals surface area contributed by atoms with Gasteiger partial charge < -0.3 is 26.2 Å².